The van der Waals surface area contributed by atoms with E-state index >= 15 is 0 Å². The zero-order chi connectivity index (χ0) is 8.89. The fraction of sp³-hybridized carbons (Fsp3) is 0.700. The molecule has 0 aromatic carbocycles. The van der Waals surface area contributed by atoms with Crippen LogP contribution >= 0.6 is 12.2 Å². The van der Waals surface area contributed by atoms with E-state index in [0.29, 0.717) is 5.41 Å². The van der Waals surface area contributed by atoms with Crippen molar-refractivity contribution in [2.75, 3.05) is 0 Å². The molecule has 3 rings (SSSR count). The first-order valence-electron chi connectivity index (χ1n) is 5.04. The lowest BCUT2D eigenvalue weighted by molar-refractivity contribution is 0.368. The van der Waals surface area contributed by atoms with E-state index in [4.69, 9.17) is 12.2 Å². The number of aromatic amines is 1. The van der Waals surface area contributed by atoms with Gasteiger partial charge in [-0.05, 0) is 49.2 Å². The SMILES string of the molecule is S=c1[nH]ccn1CC1(C2CC2)CC1. The number of H-pyrrole nitrogens is 1. The highest BCUT2D eigenvalue weighted by molar-refractivity contribution is 7.71. The molecule has 70 valence electrons. The summed E-state index contributed by atoms with van der Waals surface area (Å²) in [7, 11) is 0. The maximum atomic E-state index is 5.20. The summed E-state index contributed by atoms with van der Waals surface area (Å²) >= 11 is 5.20. The number of nitrogens with zero attached hydrogens (tertiary/aromatic N) is 1. The minimum atomic E-state index is 0.653. The van der Waals surface area contributed by atoms with Crippen molar-refractivity contribution in [3.8, 4) is 0 Å². The molecule has 0 radical (unpaired) electrons. The lowest BCUT2D eigenvalue weighted by Crippen LogP contribution is -2.13. The Balaban J connectivity index is 1.82. The van der Waals surface area contributed by atoms with E-state index in [2.05, 4.69) is 15.7 Å². The Bertz CT molecular complexity index is 368. The largest absolute Gasteiger partial charge is 0.337 e. The molecule has 1 heterocycles. The summed E-state index contributed by atoms with van der Waals surface area (Å²) in [5.41, 5.74) is 0.653. The first-order valence-corrected chi connectivity index (χ1v) is 5.45. The summed E-state index contributed by atoms with van der Waals surface area (Å²) in [5.74, 6) is 1.02. The van der Waals surface area contributed by atoms with Crippen LogP contribution in [-0.4, -0.2) is 9.55 Å². The molecule has 2 nitrogen and oxygen atoms in total. The molecule has 0 unspecified atom stereocenters. The predicted molar refractivity (Wildman–Crippen MR) is 54.0 cm³/mol. The van der Waals surface area contributed by atoms with Crippen LogP contribution in [0.5, 0.6) is 0 Å². The van der Waals surface area contributed by atoms with Crippen LogP contribution in [0.25, 0.3) is 0 Å². The Morgan fingerprint density at radius 3 is 2.77 bits per heavy atom. The zero-order valence-electron chi connectivity index (χ0n) is 7.62. The highest BCUT2D eigenvalue weighted by Crippen LogP contribution is 2.62. The molecular formula is C10H14N2S. The first kappa shape index (κ1) is 7.80. The van der Waals surface area contributed by atoms with E-state index in [9.17, 15) is 0 Å². The van der Waals surface area contributed by atoms with Gasteiger partial charge < -0.3 is 9.55 Å². The van der Waals surface area contributed by atoms with E-state index in [0.717, 1.165) is 17.2 Å². The average molecular weight is 194 g/mol. The number of rotatable bonds is 3. The van der Waals surface area contributed by atoms with Gasteiger partial charge in [-0.15, -0.1) is 0 Å². The van der Waals surface area contributed by atoms with Crippen LogP contribution in [-0.2, 0) is 6.54 Å². The Hall–Kier alpha value is -0.570. The number of nitrogens with one attached hydrogen (secondary N) is 1. The molecule has 1 aromatic rings. The summed E-state index contributed by atoms with van der Waals surface area (Å²) in [6, 6.07) is 0. The molecule has 3 heteroatoms. The van der Waals surface area contributed by atoms with Gasteiger partial charge in [0.1, 0.15) is 0 Å². The number of hydrogen-bond acceptors (Lipinski definition) is 1. The van der Waals surface area contributed by atoms with Crippen LogP contribution in [0.1, 0.15) is 25.7 Å². The van der Waals surface area contributed by atoms with Crippen LogP contribution in [0.3, 0.4) is 0 Å². The van der Waals surface area contributed by atoms with E-state index in [1.54, 1.807) is 0 Å². The summed E-state index contributed by atoms with van der Waals surface area (Å²) < 4.78 is 3.08. The monoisotopic (exact) mass is 194 g/mol. The summed E-state index contributed by atoms with van der Waals surface area (Å²) in [6.07, 6.45) is 9.76. The van der Waals surface area contributed by atoms with E-state index < -0.39 is 0 Å². The number of aromatic nitrogens is 2. The van der Waals surface area contributed by atoms with Gasteiger partial charge in [0, 0.05) is 18.9 Å². The van der Waals surface area contributed by atoms with Gasteiger partial charge >= 0.3 is 0 Å². The summed E-state index contributed by atoms with van der Waals surface area (Å²) in [4.78, 5) is 3.06. The van der Waals surface area contributed by atoms with Crippen molar-refractivity contribution in [2.45, 2.75) is 32.2 Å². The van der Waals surface area contributed by atoms with Crippen molar-refractivity contribution in [1.82, 2.24) is 9.55 Å². The topological polar surface area (TPSA) is 20.7 Å². The molecule has 2 aliphatic carbocycles. The van der Waals surface area contributed by atoms with Gasteiger partial charge in [-0.1, -0.05) is 0 Å². The Kier molecular flexibility index (Phi) is 1.48. The molecule has 0 aliphatic heterocycles. The molecule has 2 aliphatic rings. The van der Waals surface area contributed by atoms with Gasteiger partial charge in [0.25, 0.3) is 0 Å². The average Bonchev–Trinajstić information content (AvgIpc) is 2.97. The second-order valence-electron chi connectivity index (χ2n) is 4.53. The lowest BCUT2D eigenvalue weighted by Gasteiger charge is -2.14. The van der Waals surface area contributed by atoms with Crippen molar-refractivity contribution in [2.24, 2.45) is 11.3 Å². The lowest BCUT2D eigenvalue weighted by atomic mass is 10.0. The fourth-order valence-corrected chi connectivity index (χ4v) is 2.56. The van der Waals surface area contributed by atoms with Crippen molar-refractivity contribution >= 4 is 12.2 Å². The highest BCUT2D eigenvalue weighted by atomic mass is 32.1. The minimum Gasteiger partial charge on any atom is -0.337 e. The van der Waals surface area contributed by atoms with Crippen LogP contribution in [0, 0.1) is 16.1 Å². The van der Waals surface area contributed by atoms with E-state index in [1.165, 1.54) is 25.7 Å². The quantitative estimate of drug-likeness (QED) is 0.734. The van der Waals surface area contributed by atoms with Crippen LogP contribution in [0.4, 0.5) is 0 Å². The molecule has 0 atom stereocenters. The Morgan fingerprint density at radius 1 is 1.54 bits per heavy atom. The van der Waals surface area contributed by atoms with Crippen LogP contribution in [0.15, 0.2) is 12.4 Å². The molecule has 1 aromatic heterocycles. The Labute approximate surface area is 83.0 Å². The molecule has 0 spiro atoms. The van der Waals surface area contributed by atoms with Gasteiger partial charge in [-0.3, -0.25) is 0 Å². The van der Waals surface area contributed by atoms with Gasteiger partial charge in [0.2, 0.25) is 0 Å². The number of imidazole rings is 1. The molecule has 2 fully saturated rings. The second-order valence-corrected chi connectivity index (χ2v) is 4.92. The van der Waals surface area contributed by atoms with Crippen LogP contribution in [0.2, 0.25) is 0 Å². The normalized spacial score (nSPS) is 24.6. The first-order chi connectivity index (χ1) is 6.30. The van der Waals surface area contributed by atoms with E-state index in [-0.39, 0.29) is 0 Å². The smallest absolute Gasteiger partial charge is 0.177 e. The van der Waals surface area contributed by atoms with Crippen molar-refractivity contribution in [3.05, 3.63) is 17.2 Å². The Morgan fingerprint density at radius 2 is 2.31 bits per heavy atom. The minimum absolute atomic E-state index is 0.653. The zero-order valence-corrected chi connectivity index (χ0v) is 8.44. The van der Waals surface area contributed by atoms with Crippen molar-refractivity contribution in [3.63, 3.8) is 0 Å². The third-order valence-electron chi connectivity index (χ3n) is 3.54. The summed E-state index contributed by atoms with van der Waals surface area (Å²) in [5, 5.41) is 0. The van der Waals surface area contributed by atoms with Crippen molar-refractivity contribution < 1.29 is 0 Å². The van der Waals surface area contributed by atoms with E-state index in [1.807, 2.05) is 6.20 Å². The maximum absolute atomic E-state index is 5.20. The van der Waals surface area contributed by atoms with Gasteiger partial charge in [-0.25, -0.2) is 0 Å². The fourth-order valence-electron chi connectivity index (χ4n) is 2.36. The molecule has 2 saturated carbocycles. The maximum Gasteiger partial charge on any atom is 0.177 e. The van der Waals surface area contributed by atoms with Gasteiger partial charge in [0.15, 0.2) is 4.77 Å². The van der Waals surface area contributed by atoms with Crippen molar-refractivity contribution in [1.29, 1.82) is 0 Å². The molecule has 0 bridgehead atoms. The van der Waals surface area contributed by atoms with Crippen LogP contribution < -0.4 is 0 Å². The molecule has 0 saturated heterocycles. The number of hydrogen-bond donors (Lipinski definition) is 1. The molecular weight excluding hydrogens is 180 g/mol. The second kappa shape index (κ2) is 2.47. The molecule has 13 heavy (non-hydrogen) atoms. The summed E-state index contributed by atoms with van der Waals surface area (Å²) in [6.45, 7) is 1.15. The third-order valence-corrected chi connectivity index (χ3v) is 3.90. The highest BCUT2D eigenvalue weighted by Gasteiger charge is 2.53. The van der Waals surface area contributed by atoms with Gasteiger partial charge in [0.05, 0.1) is 0 Å². The third kappa shape index (κ3) is 1.26. The van der Waals surface area contributed by atoms with Gasteiger partial charge in [-0.2, -0.15) is 0 Å². The molecule has 0 amide bonds. The predicted octanol–water partition coefficient (Wildman–Crippen LogP) is 2.74. The standard InChI is InChI=1S/C10H14N2S/c13-9-11-5-6-12(9)7-10(3-4-10)8-1-2-8/h5-6,8H,1-4,7H2,(H,11,13). The molecule has 1 N–H and O–H groups in total.